The lowest BCUT2D eigenvalue weighted by molar-refractivity contribution is -0.130. The van der Waals surface area contributed by atoms with Gasteiger partial charge in [0.25, 0.3) is 0 Å². The Morgan fingerprint density at radius 1 is 1.28 bits per heavy atom. The average Bonchev–Trinajstić information content (AvgIpc) is 3.32. The zero-order chi connectivity index (χ0) is 20.8. The zero-order valence-corrected chi connectivity index (χ0v) is 16.5. The van der Waals surface area contributed by atoms with Crippen molar-refractivity contribution < 1.29 is 28.7 Å². The fourth-order valence-corrected chi connectivity index (χ4v) is 2.93. The van der Waals surface area contributed by atoms with Gasteiger partial charge < -0.3 is 29.3 Å². The highest BCUT2D eigenvalue weighted by Gasteiger charge is 2.17. The molecule has 9 heteroatoms. The van der Waals surface area contributed by atoms with E-state index in [0.717, 1.165) is 5.56 Å². The van der Waals surface area contributed by atoms with Crippen LogP contribution in [0, 0.1) is 6.92 Å². The summed E-state index contributed by atoms with van der Waals surface area (Å²) in [6.45, 7) is 2.49. The Morgan fingerprint density at radius 3 is 2.83 bits per heavy atom. The number of hydrogen-bond acceptors (Lipinski definition) is 7. The number of fused-ring (bicyclic) bond motifs is 1. The number of rotatable bonds is 9. The largest absolute Gasteiger partial charge is 0.454 e. The van der Waals surface area contributed by atoms with Gasteiger partial charge in [0, 0.05) is 32.6 Å². The van der Waals surface area contributed by atoms with Gasteiger partial charge in [0.15, 0.2) is 11.5 Å². The van der Waals surface area contributed by atoms with Crippen LogP contribution in [0.1, 0.15) is 29.9 Å². The minimum absolute atomic E-state index is 0.0834. The van der Waals surface area contributed by atoms with Crippen LogP contribution in [0.2, 0.25) is 0 Å². The van der Waals surface area contributed by atoms with Gasteiger partial charge in [-0.05, 0) is 31.0 Å². The molecule has 1 aliphatic rings. The highest BCUT2D eigenvalue weighted by Crippen LogP contribution is 2.32. The number of aliphatic hydroxyl groups excluding tert-OH is 1. The molecule has 0 bridgehead atoms. The second-order valence-electron chi connectivity index (χ2n) is 7.04. The lowest BCUT2D eigenvalue weighted by atomic mass is 10.1. The van der Waals surface area contributed by atoms with Crippen molar-refractivity contribution in [3.63, 3.8) is 0 Å². The summed E-state index contributed by atoms with van der Waals surface area (Å²) in [5.74, 6) is 1.48. The number of ether oxygens (including phenoxy) is 2. The number of nitrogens with one attached hydrogen (secondary N) is 1. The van der Waals surface area contributed by atoms with E-state index in [1.165, 1.54) is 4.90 Å². The van der Waals surface area contributed by atoms with E-state index in [0.29, 0.717) is 29.5 Å². The molecule has 1 aliphatic heterocycles. The van der Waals surface area contributed by atoms with Crippen molar-refractivity contribution in [2.75, 3.05) is 20.4 Å². The van der Waals surface area contributed by atoms with Crippen LogP contribution >= 0.6 is 0 Å². The fraction of sp³-hybridized carbons (Fsp3) is 0.450. The molecule has 156 valence electrons. The number of amides is 2. The molecule has 0 spiro atoms. The Hall–Kier alpha value is -3.07. The first-order valence-corrected chi connectivity index (χ1v) is 9.40. The Morgan fingerprint density at radius 2 is 2.07 bits per heavy atom. The van der Waals surface area contributed by atoms with E-state index in [-0.39, 0.29) is 44.4 Å². The van der Waals surface area contributed by atoms with Crippen molar-refractivity contribution in [2.24, 2.45) is 0 Å². The summed E-state index contributed by atoms with van der Waals surface area (Å²) in [6.07, 6.45) is -0.294. The summed E-state index contributed by atoms with van der Waals surface area (Å²) in [5, 5.41) is 16.7. The zero-order valence-electron chi connectivity index (χ0n) is 16.5. The van der Waals surface area contributed by atoms with Crippen LogP contribution in [0.3, 0.4) is 0 Å². The number of carbonyl (C=O) groups excluding carboxylic acids is 2. The number of aryl methyl sites for hydroxylation is 1. The highest BCUT2D eigenvalue weighted by atomic mass is 16.7. The average molecular weight is 403 g/mol. The Bertz CT molecular complexity index is 866. The van der Waals surface area contributed by atoms with Gasteiger partial charge in [0.05, 0.1) is 18.2 Å². The Labute approximate surface area is 168 Å². The minimum atomic E-state index is -0.795. The lowest BCUT2D eigenvalue weighted by Gasteiger charge is -2.20. The molecule has 0 saturated heterocycles. The normalized spacial score (nSPS) is 13.2. The molecular formula is C20H25N3O6. The maximum absolute atomic E-state index is 12.2. The summed E-state index contributed by atoms with van der Waals surface area (Å²) in [5.41, 5.74) is 1.61. The van der Waals surface area contributed by atoms with Crippen molar-refractivity contribution in [1.82, 2.24) is 15.4 Å². The van der Waals surface area contributed by atoms with E-state index in [1.807, 2.05) is 12.1 Å². The van der Waals surface area contributed by atoms with Crippen LogP contribution < -0.4 is 14.8 Å². The van der Waals surface area contributed by atoms with Crippen LogP contribution in [0.25, 0.3) is 0 Å². The van der Waals surface area contributed by atoms with Crippen molar-refractivity contribution in [1.29, 1.82) is 0 Å². The fourth-order valence-electron chi connectivity index (χ4n) is 2.93. The van der Waals surface area contributed by atoms with Crippen LogP contribution in [0.15, 0.2) is 28.8 Å². The Kier molecular flexibility index (Phi) is 6.71. The first kappa shape index (κ1) is 20.7. The van der Waals surface area contributed by atoms with Crippen molar-refractivity contribution >= 4 is 11.8 Å². The second-order valence-corrected chi connectivity index (χ2v) is 7.04. The van der Waals surface area contributed by atoms with Crippen LogP contribution in [-0.4, -0.2) is 53.5 Å². The smallest absolute Gasteiger partial charge is 0.231 e. The van der Waals surface area contributed by atoms with E-state index < -0.39 is 6.10 Å². The molecular weight excluding hydrogens is 378 g/mol. The van der Waals surface area contributed by atoms with Gasteiger partial charge >= 0.3 is 0 Å². The first-order valence-electron chi connectivity index (χ1n) is 9.40. The van der Waals surface area contributed by atoms with Crippen molar-refractivity contribution in [3.8, 4) is 11.5 Å². The van der Waals surface area contributed by atoms with E-state index in [9.17, 15) is 14.7 Å². The third kappa shape index (κ3) is 5.95. The molecule has 0 unspecified atom stereocenters. The van der Waals surface area contributed by atoms with Crippen LogP contribution in [-0.2, 0) is 22.6 Å². The van der Waals surface area contributed by atoms with Gasteiger partial charge in [0.1, 0.15) is 5.76 Å². The van der Waals surface area contributed by atoms with Gasteiger partial charge in [-0.25, -0.2) is 0 Å². The molecule has 29 heavy (non-hydrogen) atoms. The number of aliphatic hydroxyl groups is 1. The molecule has 9 nitrogen and oxygen atoms in total. The summed E-state index contributed by atoms with van der Waals surface area (Å²) >= 11 is 0. The second kappa shape index (κ2) is 9.42. The molecule has 0 fully saturated rings. The number of nitrogens with zero attached hydrogens (tertiary/aromatic N) is 2. The number of benzene rings is 1. The monoisotopic (exact) mass is 403 g/mol. The van der Waals surface area contributed by atoms with Crippen molar-refractivity contribution in [3.05, 3.63) is 41.3 Å². The van der Waals surface area contributed by atoms with E-state index in [4.69, 9.17) is 14.0 Å². The molecule has 2 heterocycles. The van der Waals surface area contributed by atoms with Crippen LogP contribution in [0.5, 0.6) is 11.5 Å². The predicted molar refractivity (Wildman–Crippen MR) is 102 cm³/mol. The number of carbonyl (C=O) groups is 2. The molecule has 1 atom stereocenters. The van der Waals surface area contributed by atoms with Gasteiger partial charge in [-0.2, -0.15) is 0 Å². The maximum Gasteiger partial charge on any atom is 0.231 e. The Balaban J connectivity index is 1.35. The quantitative estimate of drug-likeness (QED) is 0.646. The summed E-state index contributed by atoms with van der Waals surface area (Å²) < 4.78 is 15.6. The molecule has 2 amide bonds. The standard InChI is InChI=1S/C20H25N3O6/c1-13-7-16(29-22-13)9-20(26)23(2)11-15(24)4-6-19(25)21-10-14-3-5-17-18(8-14)28-12-27-17/h3,5,7-8,15,24H,4,6,9-12H2,1-2H3,(H,21,25)/t15-/m1/s1. The molecule has 0 aliphatic carbocycles. The summed E-state index contributed by atoms with van der Waals surface area (Å²) in [7, 11) is 1.61. The van der Waals surface area contributed by atoms with Crippen molar-refractivity contribution in [2.45, 2.75) is 38.8 Å². The molecule has 2 N–H and O–H groups in total. The van der Waals surface area contributed by atoms with Gasteiger partial charge in [-0.3, -0.25) is 9.59 Å². The van der Waals surface area contributed by atoms with Gasteiger partial charge in [-0.15, -0.1) is 0 Å². The number of likely N-dealkylation sites (N-methyl/N-ethyl adjacent to an activating group) is 1. The summed E-state index contributed by atoms with van der Waals surface area (Å²) in [6, 6.07) is 7.19. The maximum atomic E-state index is 12.2. The number of hydrogen-bond donors (Lipinski definition) is 2. The molecule has 0 radical (unpaired) electrons. The van der Waals surface area contributed by atoms with Gasteiger partial charge in [-0.1, -0.05) is 11.2 Å². The molecule has 1 aromatic heterocycles. The third-order valence-electron chi connectivity index (χ3n) is 4.54. The molecule has 1 aromatic carbocycles. The highest BCUT2D eigenvalue weighted by molar-refractivity contribution is 5.78. The molecule has 0 saturated carbocycles. The van der Waals surface area contributed by atoms with E-state index in [2.05, 4.69) is 10.5 Å². The van der Waals surface area contributed by atoms with E-state index >= 15 is 0 Å². The number of aromatic nitrogens is 1. The van der Waals surface area contributed by atoms with E-state index in [1.54, 1.807) is 26.1 Å². The molecule has 3 rings (SSSR count). The SMILES string of the molecule is Cc1cc(CC(=O)N(C)C[C@H](O)CCC(=O)NCc2ccc3c(c2)OCO3)on1. The first-order chi connectivity index (χ1) is 13.9. The molecule has 2 aromatic rings. The van der Waals surface area contributed by atoms with Crippen LogP contribution in [0.4, 0.5) is 0 Å². The third-order valence-corrected chi connectivity index (χ3v) is 4.54. The minimum Gasteiger partial charge on any atom is -0.454 e. The topological polar surface area (TPSA) is 114 Å². The van der Waals surface area contributed by atoms with Gasteiger partial charge in [0.2, 0.25) is 18.6 Å². The summed E-state index contributed by atoms with van der Waals surface area (Å²) in [4.78, 5) is 25.6. The lowest BCUT2D eigenvalue weighted by Crippen LogP contribution is -2.36. The predicted octanol–water partition coefficient (Wildman–Crippen LogP) is 1.17.